The summed E-state index contributed by atoms with van der Waals surface area (Å²) in [6.07, 6.45) is 2.86. The highest BCUT2D eigenvalue weighted by molar-refractivity contribution is 6.32. The van der Waals surface area contributed by atoms with Crippen molar-refractivity contribution in [2.75, 3.05) is 38.1 Å². The molecule has 3 nitrogen and oxygen atoms in total. The number of hydrogen-bond donors (Lipinski definition) is 0. The Hall–Kier alpha value is -0.510. The minimum absolute atomic E-state index is 0.433. The molecule has 1 aromatic heterocycles. The zero-order valence-electron chi connectivity index (χ0n) is 9.99. The van der Waals surface area contributed by atoms with Gasteiger partial charge in [0.2, 0.25) is 0 Å². The van der Waals surface area contributed by atoms with Gasteiger partial charge in [0.25, 0.3) is 0 Å². The number of likely N-dealkylation sites (N-methyl/N-ethyl adjacent to an activating group) is 1. The Morgan fingerprint density at radius 1 is 1.29 bits per heavy atom. The van der Waals surface area contributed by atoms with Crippen LogP contribution in [-0.2, 0) is 5.88 Å². The van der Waals surface area contributed by atoms with Crippen molar-refractivity contribution in [2.24, 2.45) is 0 Å². The zero-order valence-corrected chi connectivity index (χ0v) is 11.5. The van der Waals surface area contributed by atoms with Gasteiger partial charge >= 0.3 is 0 Å². The predicted octanol–water partition coefficient (Wildman–Crippen LogP) is 2.62. The van der Waals surface area contributed by atoms with Crippen LogP contribution >= 0.6 is 23.2 Å². The monoisotopic (exact) mass is 273 g/mol. The molecular weight excluding hydrogens is 257 g/mol. The molecule has 1 saturated heterocycles. The fraction of sp³-hybridized carbons (Fsp3) is 0.583. The number of pyridine rings is 1. The molecule has 0 unspecified atom stereocenters. The molecule has 0 atom stereocenters. The number of alkyl halides is 1. The fourth-order valence-corrected chi connectivity index (χ4v) is 2.48. The second-order valence-electron chi connectivity index (χ2n) is 4.41. The standard InChI is InChI=1S/C12H17Cl2N3/c1-16-3-2-4-17(6-5-16)12-7-10(8-13)11(14)9-15-12/h7,9H,2-6,8H2,1H3. The van der Waals surface area contributed by atoms with E-state index in [0.717, 1.165) is 44.0 Å². The maximum atomic E-state index is 6.02. The van der Waals surface area contributed by atoms with E-state index in [0.29, 0.717) is 10.9 Å². The van der Waals surface area contributed by atoms with Crippen LogP contribution < -0.4 is 4.90 Å². The lowest BCUT2D eigenvalue weighted by Gasteiger charge is -2.22. The average Bonchev–Trinajstić information content (AvgIpc) is 2.55. The first-order valence-electron chi connectivity index (χ1n) is 5.84. The molecular formula is C12H17Cl2N3. The number of aromatic nitrogens is 1. The first kappa shape index (κ1) is 12.9. The van der Waals surface area contributed by atoms with Crippen molar-refractivity contribution in [1.82, 2.24) is 9.88 Å². The SMILES string of the molecule is CN1CCCN(c2cc(CCl)c(Cl)cn2)CC1. The minimum Gasteiger partial charge on any atom is -0.355 e. The molecule has 0 spiro atoms. The maximum Gasteiger partial charge on any atom is 0.128 e. The average molecular weight is 274 g/mol. The third-order valence-electron chi connectivity index (χ3n) is 3.11. The fourth-order valence-electron chi connectivity index (χ4n) is 2.02. The van der Waals surface area contributed by atoms with E-state index < -0.39 is 0 Å². The van der Waals surface area contributed by atoms with E-state index in [9.17, 15) is 0 Å². The van der Waals surface area contributed by atoms with E-state index in [4.69, 9.17) is 23.2 Å². The number of nitrogens with zero attached hydrogens (tertiary/aromatic N) is 3. The Labute approximate surface area is 112 Å². The first-order valence-corrected chi connectivity index (χ1v) is 6.76. The van der Waals surface area contributed by atoms with Crippen LogP contribution in [0.2, 0.25) is 5.02 Å². The Morgan fingerprint density at radius 3 is 2.88 bits per heavy atom. The van der Waals surface area contributed by atoms with Crippen molar-refractivity contribution in [3.63, 3.8) is 0 Å². The smallest absolute Gasteiger partial charge is 0.128 e. The zero-order chi connectivity index (χ0) is 12.3. The second-order valence-corrected chi connectivity index (χ2v) is 5.09. The number of halogens is 2. The molecule has 0 saturated carbocycles. The highest BCUT2D eigenvalue weighted by Crippen LogP contribution is 2.22. The highest BCUT2D eigenvalue weighted by atomic mass is 35.5. The van der Waals surface area contributed by atoms with Crippen LogP contribution in [0.25, 0.3) is 0 Å². The van der Waals surface area contributed by atoms with Gasteiger partial charge in [-0.1, -0.05) is 11.6 Å². The molecule has 17 heavy (non-hydrogen) atoms. The van der Waals surface area contributed by atoms with Crippen molar-refractivity contribution in [3.8, 4) is 0 Å². The normalized spacial score (nSPS) is 18.2. The third-order valence-corrected chi connectivity index (χ3v) is 3.74. The summed E-state index contributed by atoms with van der Waals surface area (Å²) in [5.41, 5.74) is 0.955. The van der Waals surface area contributed by atoms with Crippen LogP contribution in [0.3, 0.4) is 0 Å². The molecule has 1 fully saturated rings. The van der Waals surface area contributed by atoms with Gasteiger partial charge < -0.3 is 9.80 Å². The lowest BCUT2D eigenvalue weighted by atomic mass is 10.2. The van der Waals surface area contributed by atoms with E-state index >= 15 is 0 Å². The summed E-state index contributed by atoms with van der Waals surface area (Å²) in [4.78, 5) is 9.04. The van der Waals surface area contributed by atoms with E-state index in [1.807, 2.05) is 6.07 Å². The molecule has 0 aliphatic carbocycles. The van der Waals surface area contributed by atoms with Gasteiger partial charge in [0.05, 0.1) is 5.02 Å². The summed E-state index contributed by atoms with van der Waals surface area (Å²) in [5.74, 6) is 1.42. The van der Waals surface area contributed by atoms with Crippen LogP contribution in [-0.4, -0.2) is 43.1 Å². The number of anilines is 1. The molecule has 0 aromatic carbocycles. The summed E-state index contributed by atoms with van der Waals surface area (Å²) < 4.78 is 0. The van der Waals surface area contributed by atoms with E-state index in [1.165, 1.54) is 0 Å². The summed E-state index contributed by atoms with van der Waals surface area (Å²) in [6.45, 7) is 4.26. The quantitative estimate of drug-likeness (QED) is 0.773. The van der Waals surface area contributed by atoms with E-state index in [1.54, 1.807) is 6.20 Å². The highest BCUT2D eigenvalue weighted by Gasteiger charge is 2.14. The van der Waals surface area contributed by atoms with Gasteiger partial charge in [0, 0.05) is 31.7 Å². The van der Waals surface area contributed by atoms with Crippen molar-refractivity contribution in [2.45, 2.75) is 12.3 Å². The number of rotatable bonds is 2. The number of hydrogen-bond acceptors (Lipinski definition) is 3. The van der Waals surface area contributed by atoms with Gasteiger partial charge in [-0.15, -0.1) is 11.6 Å². The van der Waals surface area contributed by atoms with Gasteiger partial charge in [-0.2, -0.15) is 0 Å². The van der Waals surface area contributed by atoms with Crippen molar-refractivity contribution in [3.05, 3.63) is 22.8 Å². The molecule has 2 heterocycles. The predicted molar refractivity (Wildman–Crippen MR) is 73.1 cm³/mol. The van der Waals surface area contributed by atoms with Crippen LogP contribution in [0.4, 0.5) is 5.82 Å². The van der Waals surface area contributed by atoms with Crippen molar-refractivity contribution in [1.29, 1.82) is 0 Å². The van der Waals surface area contributed by atoms with Gasteiger partial charge in [0.1, 0.15) is 5.82 Å². The molecule has 0 N–H and O–H groups in total. The first-order chi connectivity index (χ1) is 8.20. The summed E-state index contributed by atoms with van der Waals surface area (Å²) in [6, 6.07) is 2.00. The molecule has 0 bridgehead atoms. The second kappa shape index (κ2) is 5.89. The van der Waals surface area contributed by atoms with Crippen molar-refractivity contribution >= 4 is 29.0 Å². The molecule has 2 rings (SSSR count). The molecule has 5 heteroatoms. The van der Waals surface area contributed by atoms with Gasteiger partial charge in [-0.3, -0.25) is 0 Å². The van der Waals surface area contributed by atoms with Crippen LogP contribution in [0.5, 0.6) is 0 Å². The van der Waals surface area contributed by atoms with Crippen LogP contribution in [0.15, 0.2) is 12.3 Å². The summed E-state index contributed by atoms with van der Waals surface area (Å²) in [7, 11) is 2.16. The van der Waals surface area contributed by atoms with Gasteiger partial charge in [-0.05, 0) is 31.6 Å². The topological polar surface area (TPSA) is 19.4 Å². The minimum atomic E-state index is 0.433. The molecule has 1 aromatic rings. The van der Waals surface area contributed by atoms with E-state index in [-0.39, 0.29) is 0 Å². The Balaban J connectivity index is 2.15. The molecule has 0 amide bonds. The lowest BCUT2D eigenvalue weighted by Crippen LogP contribution is -2.29. The molecule has 1 aliphatic heterocycles. The third kappa shape index (κ3) is 3.24. The van der Waals surface area contributed by atoms with Crippen LogP contribution in [0, 0.1) is 0 Å². The molecule has 94 valence electrons. The largest absolute Gasteiger partial charge is 0.355 e. The van der Waals surface area contributed by atoms with Gasteiger partial charge in [0.15, 0.2) is 0 Å². The van der Waals surface area contributed by atoms with Crippen LogP contribution in [0.1, 0.15) is 12.0 Å². The Kier molecular flexibility index (Phi) is 4.48. The Morgan fingerprint density at radius 2 is 2.12 bits per heavy atom. The summed E-state index contributed by atoms with van der Waals surface area (Å²) in [5, 5.41) is 0.649. The molecule has 0 radical (unpaired) electrons. The van der Waals surface area contributed by atoms with E-state index in [2.05, 4.69) is 21.8 Å². The summed E-state index contributed by atoms with van der Waals surface area (Å²) >= 11 is 11.9. The lowest BCUT2D eigenvalue weighted by molar-refractivity contribution is 0.360. The van der Waals surface area contributed by atoms with Crippen molar-refractivity contribution < 1.29 is 0 Å². The Bertz CT molecular complexity index is 384. The molecule has 1 aliphatic rings. The van der Waals surface area contributed by atoms with Gasteiger partial charge in [-0.25, -0.2) is 4.98 Å². The maximum absolute atomic E-state index is 6.02.